The third-order valence-electron chi connectivity index (χ3n) is 10.3. The highest BCUT2D eigenvalue weighted by Gasteiger charge is 2.25. The highest BCUT2D eigenvalue weighted by atomic mass is 16.5. The largest absolute Gasteiger partial charge is 0.469 e. The van der Waals surface area contributed by atoms with Crippen molar-refractivity contribution in [2.75, 3.05) is 27.4 Å². The van der Waals surface area contributed by atoms with Gasteiger partial charge in [-0.05, 0) is 122 Å². The molecule has 0 saturated heterocycles. The second kappa shape index (κ2) is 15.5. The Labute approximate surface area is 303 Å². The number of aromatic amines is 2. The number of benzene rings is 1. The first-order valence-electron chi connectivity index (χ1n) is 17.7. The third kappa shape index (κ3) is 6.96. The number of hydrogen-bond donors (Lipinski definition) is 4. The molecule has 0 fully saturated rings. The van der Waals surface area contributed by atoms with Crippen LogP contribution in [0.3, 0.4) is 0 Å². The van der Waals surface area contributed by atoms with Gasteiger partial charge in [-0.3, -0.25) is 9.59 Å². The maximum absolute atomic E-state index is 12.3. The van der Waals surface area contributed by atoms with Gasteiger partial charge >= 0.3 is 11.9 Å². The Kier molecular flexibility index (Phi) is 10.9. The summed E-state index contributed by atoms with van der Waals surface area (Å²) < 4.78 is 9.98. The van der Waals surface area contributed by atoms with Crippen molar-refractivity contribution in [3.63, 3.8) is 0 Å². The summed E-state index contributed by atoms with van der Waals surface area (Å²) in [6, 6.07) is 16.2. The summed E-state index contributed by atoms with van der Waals surface area (Å²) in [5.41, 5.74) is 15.9. The van der Waals surface area contributed by atoms with Crippen molar-refractivity contribution >= 4 is 56.3 Å². The molecule has 2 aliphatic heterocycles. The first-order chi connectivity index (χ1) is 25.1. The number of nitrogens with zero attached hydrogens (tertiary/aromatic N) is 2. The normalized spacial score (nSPS) is 12.8. The van der Waals surface area contributed by atoms with Crippen LogP contribution in [0.5, 0.6) is 0 Å². The third-order valence-corrected chi connectivity index (χ3v) is 10.3. The molecular formula is C42H46N4O6. The number of aliphatic hydroxyl groups is 2. The van der Waals surface area contributed by atoms with Gasteiger partial charge in [0.15, 0.2) is 0 Å². The van der Waals surface area contributed by atoms with E-state index in [9.17, 15) is 19.8 Å². The van der Waals surface area contributed by atoms with Crippen molar-refractivity contribution in [3.05, 3.63) is 93.6 Å². The predicted octanol–water partition coefficient (Wildman–Crippen LogP) is 7.44. The number of H-pyrrole nitrogens is 2. The minimum absolute atomic E-state index is 0.0339. The van der Waals surface area contributed by atoms with Crippen LogP contribution in [0.1, 0.15) is 84.6 Å². The number of fused-ring (bicyclic) bond motifs is 8. The number of aromatic nitrogens is 4. The molecule has 4 aromatic rings. The molecule has 52 heavy (non-hydrogen) atoms. The molecule has 270 valence electrons. The van der Waals surface area contributed by atoms with E-state index in [1.54, 1.807) is 0 Å². The van der Waals surface area contributed by atoms with Crippen LogP contribution < -0.4 is 0 Å². The van der Waals surface area contributed by atoms with E-state index in [0.717, 1.165) is 94.8 Å². The summed E-state index contributed by atoms with van der Waals surface area (Å²) in [4.78, 5) is 42.5. The van der Waals surface area contributed by atoms with Gasteiger partial charge in [-0.1, -0.05) is 30.3 Å². The number of hydrogen-bond acceptors (Lipinski definition) is 8. The minimum Gasteiger partial charge on any atom is -0.469 e. The average molecular weight is 703 g/mol. The predicted molar refractivity (Wildman–Crippen MR) is 205 cm³/mol. The van der Waals surface area contributed by atoms with Crippen molar-refractivity contribution in [2.45, 2.75) is 66.2 Å². The van der Waals surface area contributed by atoms with E-state index in [1.807, 2.05) is 51.1 Å². The van der Waals surface area contributed by atoms with Crippen LogP contribution in [0.2, 0.25) is 0 Å². The van der Waals surface area contributed by atoms with E-state index < -0.39 is 0 Å². The molecule has 0 aliphatic carbocycles. The van der Waals surface area contributed by atoms with Gasteiger partial charge in [0.2, 0.25) is 0 Å². The first kappa shape index (κ1) is 36.5. The Bertz CT molecular complexity index is 2280. The SMILES string of the molecule is COC(=O)CCC1=C(C)c2cc3nc(c(-c4ccccc4)c4[nH]c(cc5[nH]c(cc1n2)c(CCC(=O)OC)c5C)c(CCO)c4C)C(CCO)=C3C. The number of nitrogens with one attached hydrogen (secondary N) is 2. The molecule has 10 heteroatoms. The maximum Gasteiger partial charge on any atom is 0.305 e. The van der Waals surface area contributed by atoms with E-state index >= 15 is 0 Å². The fourth-order valence-electron chi connectivity index (χ4n) is 7.38. The van der Waals surface area contributed by atoms with Crippen LogP contribution in [-0.2, 0) is 31.9 Å². The smallest absolute Gasteiger partial charge is 0.305 e. The molecule has 0 amide bonds. The molecule has 6 rings (SSSR count). The Hall–Kier alpha value is -5.32. The molecule has 0 spiro atoms. The van der Waals surface area contributed by atoms with Crippen LogP contribution in [0.15, 0.2) is 48.5 Å². The van der Waals surface area contributed by atoms with Gasteiger partial charge < -0.3 is 29.7 Å². The summed E-state index contributed by atoms with van der Waals surface area (Å²) in [5, 5.41) is 20.5. The van der Waals surface area contributed by atoms with E-state index in [0.29, 0.717) is 31.4 Å². The van der Waals surface area contributed by atoms with Gasteiger partial charge in [-0.25, -0.2) is 9.97 Å². The Morgan fingerprint density at radius 3 is 1.94 bits per heavy atom. The van der Waals surface area contributed by atoms with Crippen molar-refractivity contribution in [2.24, 2.45) is 0 Å². The van der Waals surface area contributed by atoms with Gasteiger partial charge in [-0.2, -0.15) is 0 Å². The van der Waals surface area contributed by atoms with Crippen molar-refractivity contribution in [1.29, 1.82) is 0 Å². The average Bonchev–Trinajstić information content (AvgIpc) is 3.81. The topological polar surface area (TPSA) is 150 Å². The minimum atomic E-state index is -0.309. The fourth-order valence-corrected chi connectivity index (χ4v) is 7.38. The quantitative estimate of drug-likeness (QED) is 0.118. The molecule has 4 N–H and O–H groups in total. The summed E-state index contributed by atoms with van der Waals surface area (Å²) in [6.45, 7) is 8.06. The highest BCUT2D eigenvalue weighted by Crippen LogP contribution is 2.42. The maximum atomic E-state index is 12.3. The van der Waals surface area contributed by atoms with Crippen molar-refractivity contribution in [3.8, 4) is 11.1 Å². The number of rotatable bonds is 11. The van der Waals surface area contributed by atoms with E-state index in [1.165, 1.54) is 14.2 Å². The second-order valence-electron chi connectivity index (χ2n) is 13.3. The molecule has 3 aromatic heterocycles. The van der Waals surface area contributed by atoms with Crippen LogP contribution in [0.4, 0.5) is 0 Å². The van der Waals surface area contributed by atoms with Crippen LogP contribution >= 0.6 is 0 Å². The summed E-state index contributed by atoms with van der Waals surface area (Å²) in [7, 11) is 2.78. The molecule has 0 unspecified atom stereocenters. The van der Waals surface area contributed by atoms with Crippen molar-refractivity contribution < 1.29 is 29.3 Å². The molecule has 1 aromatic carbocycles. The monoisotopic (exact) mass is 702 g/mol. The molecule has 5 heterocycles. The van der Waals surface area contributed by atoms with Crippen molar-refractivity contribution in [1.82, 2.24) is 19.9 Å². The number of aryl methyl sites for hydroxylation is 3. The van der Waals surface area contributed by atoms with Gasteiger partial charge in [0.25, 0.3) is 0 Å². The molecule has 10 nitrogen and oxygen atoms in total. The number of allylic oxidation sites excluding steroid dienone is 3. The number of aliphatic hydroxyl groups excluding tert-OH is 2. The van der Waals surface area contributed by atoms with E-state index in [-0.39, 0.29) is 38.0 Å². The number of methoxy groups -OCH3 is 2. The molecule has 0 radical (unpaired) electrons. The van der Waals surface area contributed by atoms with Crippen LogP contribution in [-0.4, -0.2) is 69.5 Å². The molecule has 8 bridgehead atoms. The Balaban J connectivity index is 1.80. The Morgan fingerprint density at radius 1 is 0.654 bits per heavy atom. The lowest BCUT2D eigenvalue weighted by atomic mass is 9.94. The first-order valence-corrected chi connectivity index (χ1v) is 17.7. The summed E-state index contributed by atoms with van der Waals surface area (Å²) >= 11 is 0. The lowest BCUT2D eigenvalue weighted by Crippen LogP contribution is -2.02. The van der Waals surface area contributed by atoms with Gasteiger partial charge in [0, 0.05) is 48.2 Å². The standard InChI is InChI=1S/C42H46N4O6/c1-23-28(12-14-38(49)51-5)35-22-36-29(13-15-39(50)52-6)24(2)33(44-36)21-37-30(16-18-47)26(4)41(46-37)40(27-10-8-7-9-11-27)42-31(17-19-48)25(3)34(45-42)20-32(23)43-35/h7-11,20-22,44,46-48H,12-19H2,1-6H3. The number of carbonyl (C=O) groups excluding carboxylic acids is 2. The zero-order valence-corrected chi connectivity index (χ0v) is 30.7. The molecule has 0 saturated carbocycles. The number of carbonyl (C=O) groups is 2. The number of ether oxygens (including phenoxy) is 2. The molecule has 0 atom stereocenters. The Morgan fingerprint density at radius 2 is 1.27 bits per heavy atom. The van der Waals surface area contributed by atoms with Gasteiger partial charge in [0.05, 0.1) is 42.5 Å². The van der Waals surface area contributed by atoms with E-state index in [2.05, 4.69) is 35.1 Å². The zero-order valence-electron chi connectivity index (χ0n) is 30.7. The second-order valence-corrected chi connectivity index (χ2v) is 13.3. The van der Waals surface area contributed by atoms with Gasteiger partial charge in [0.1, 0.15) is 0 Å². The highest BCUT2D eigenvalue weighted by molar-refractivity contribution is 6.01. The van der Waals surface area contributed by atoms with Crippen LogP contribution in [0, 0.1) is 13.8 Å². The number of esters is 2. The molecular weight excluding hydrogens is 656 g/mol. The lowest BCUT2D eigenvalue weighted by Gasteiger charge is -2.10. The zero-order chi connectivity index (χ0) is 37.1. The lowest BCUT2D eigenvalue weighted by molar-refractivity contribution is -0.141. The van der Waals surface area contributed by atoms with Gasteiger partial charge in [-0.15, -0.1) is 0 Å². The van der Waals surface area contributed by atoms with E-state index in [4.69, 9.17) is 19.4 Å². The fraction of sp³-hybridized carbons (Fsp3) is 0.333. The summed E-state index contributed by atoms with van der Waals surface area (Å²) in [6.07, 6.45) is 2.11. The van der Waals surface area contributed by atoms with Crippen LogP contribution in [0.25, 0.3) is 55.5 Å². The molecule has 2 aliphatic rings. The summed E-state index contributed by atoms with van der Waals surface area (Å²) in [5.74, 6) is -0.610.